The second kappa shape index (κ2) is 5.78. The van der Waals surface area contributed by atoms with Crippen LogP contribution in [0, 0.1) is 11.8 Å². The third-order valence-corrected chi connectivity index (χ3v) is 6.15. The lowest BCUT2D eigenvalue weighted by molar-refractivity contribution is -0.124. The second-order valence-corrected chi connectivity index (χ2v) is 8.31. The highest BCUT2D eigenvalue weighted by molar-refractivity contribution is 7.91. The zero-order valence-corrected chi connectivity index (χ0v) is 12.0. The molecule has 1 N–H and O–H groups in total. The minimum atomic E-state index is -2.97. The van der Waals surface area contributed by atoms with Crippen molar-refractivity contribution in [1.82, 2.24) is 5.32 Å². The largest absolute Gasteiger partial charge is 0.356 e. The Balaban J connectivity index is 1.72. The molecule has 1 aliphatic heterocycles. The van der Waals surface area contributed by atoms with Crippen molar-refractivity contribution in [3.05, 3.63) is 0 Å². The lowest BCUT2D eigenvalue weighted by Crippen LogP contribution is -2.36. The van der Waals surface area contributed by atoms with Gasteiger partial charge in [-0.05, 0) is 38.0 Å². The number of carbonyl (C=O) groups excluding carboxylic acids is 1. The monoisotopic (exact) mass is 293 g/mol. The Kier molecular flexibility index (Phi) is 4.54. The highest BCUT2D eigenvalue weighted by Crippen LogP contribution is 2.27. The lowest BCUT2D eigenvalue weighted by Gasteiger charge is -2.25. The predicted octanol–water partition coefficient (Wildman–Crippen LogP) is 1.33. The summed E-state index contributed by atoms with van der Waals surface area (Å²) in [7, 11) is -2.97. The fourth-order valence-corrected chi connectivity index (χ4v) is 4.71. The maximum atomic E-state index is 11.8. The van der Waals surface area contributed by atoms with Gasteiger partial charge in [-0.15, -0.1) is 11.6 Å². The molecule has 2 aliphatic rings. The average Bonchev–Trinajstić information content (AvgIpc) is 2.69. The fraction of sp³-hybridized carbons (Fsp3) is 0.917. The summed E-state index contributed by atoms with van der Waals surface area (Å²) in [5, 5.41) is 3.19. The number of carbonyl (C=O) groups is 1. The number of rotatable bonds is 3. The highest BCUT2D eigenvalue weighted by Gasteiger charge is 2.33. The van der Waals surface area contributed by atoms with E-state index in [1.807, 2.05) is 0 Å². The summed E-state index contributed by atoms with van der Waals surface area (Å²) in [6.45, 7) is 0.666. The van der Waals surface area contributed by atoms with Crippen molar-refractivity contribution < 1.29 is 13.2 Å². The first kappa shape index (κ1) is 14.1. The summed E-state index contributed by atoms with van der Waals surface area (Å²) in [4.78, 5) is 11.8. The van der Waals surface area contributed by atoms with E-state index in [0.29, 0.717) is 18.9 Å². The van der Waals surface area contributed by atoms with Crippen LogP contribution >= 0.6 is 11.6 Å². The molecule has 1 heterocycles. The number of nitrogens with one attached hydrogen (secondary N) is 1. The van der Waals surface area contributed by atoms with Crippen molar-refractivity contribution in [3.63, 3.8) is 0 Å². The summed E-state index contributed by atoms with van der Waals surface area (Å²) in [5.41, 5.74) is 0. The number of sulfone groups is 1. The molecule has 0 aromatic carbocycles. The smallest absolute Gasteiger partial charge is 0.224 e. The molecule has 0 aromatic rings. The predicted molar refractivity (Wildman–Crippen MR) is 71.4 cm³/mol. The van der Waals surface area contributed by atoms with E-state index in [-0.39, 0.29) is 28.7 Å². The van der Waals surface area contributed by atoms with Crippen LogP contribution in [-0.4, -0.2) is 37.8 Å². The van der Waals surface area contributed by atoms with Gasteiger partial charge in [0.25, 0.3) is 0 Å². The molecule has 104 valence electrons. The van der Waals surface area contributed by atoms with E-state index >= 15 is 0 Å². The molecule has 18 heavy (non-hydrogen) atoms. The molecule has 1 amide bonds. The van der Waals surface area contributed by atoms with Gasteiger partial charge in [0.2, 0.25) is 5.91 Å². The molecule has 1 saturated carbocycles. The number of hydrogen-bond donors (Lipinski definition) is 1. The van der Waals surface area contributed by atoms with Crippen molar-refractivity contribution >= 4 is 27.3 Å². The minimum Gasteiger partial charge on any atom is -0.356 e. The maximum Gasteiger partial charge on any atom is 0.224 e. The standard InChI is InChI=1S/C12H20ClNO3S/c13-11-3-1-9(2-4-11)7-14-12(15)10-5-6-18(16,17)8-10/h9-11H,1-8H2,(H,14,15). The van der Waals surface area contributed by atoms with E-state index in [1.165, 1.54) is 0 Å². The minimum absolute atomic E-state index is 0.0211. The molecule has 0 radical (unpaired) electrons. The van der Waals surface area contributed by atoms with E-state index in [1.54, 1.807) is 0 Å². The van der Waals surface area contributed by atoms with Crippen molar-refractivity contribution in [3.8, 4) is 0 Å². The van der Waals surface area contributed by atoms with Gasteiger partial charge in [-0.1, -0.05) is 0 Å². The van der Waals surface area contributed by atoms with E-state index in [2.05, 4.69) is 5.32 Å². The zero-order chi connectivity index (χ0) is 13.2. The molecule has 0 bridgehead atoms. The van der Waals surface area contributed by atoms with Gasteiger partial charge in [0.15, 0.2) is 9.84 Å². The number of halogens is 1. The van der Waals surface area contributed by atoms with Crippen molar-refractivity contribution in [2.24, 2.45) is 11.8 Å². The van der Waals surface area contributed by atoms with Crippen LogP contribution in [-0.2, 0) is 14.6 Å². The second-order valence-electron chi connectivity index (χ2n) is 5.46. The average molecular weight is 294 g/mol. The summed E-state index contributed by atoms with van der Waals surface area (Å²) in [6.07, 6.45) is 4.61. The third kappa shape index (κ3) is 3.85. The Morgan fingerprint density at radius 3 is 2.39 bits per heavy atom. The van der Waals surface area contributed by atoms with Crippen LogP contribution in [0.2, 0.25) is 0 Å². The van der Waals surface area contributed by atoms with Crippen LogP contribution in [0.3, 0.4) is 0 Å². The van der Waals surface area contributed by atoms with Crippen molar-refractivity contribution in [2.45, 2.75) is 37.5 Å². The first-order chi connectivity index (χ1) is 8.46. The van der Waals surface area contributed by atoms with E-state index in [0.717, 1.165) is 25.7 Å². The summed E-state index contributed by atoms with van der Waals surface area (Å²) >= 11 is 6.03. The molecule has 1 atom stereocenters. The molecule has 1 unspecified atom stereocenters. The molecule has 2 fully saturated rings. The number of hydrogen-bond acceptors (Lipinski definition) is 3. The Hall–Kier alpha value is -0.290. The molecule has 2 rings (SSSR count). The van der Waals surface area contributed by atoms with Gasteiger partial charge in [-0.2, -0.15) is 0 Å². The quantitative estimate of drug-likeness (QED) is 0.799. The topological polar surface area (TPSA) is 63.2 Å². The zero-order valence-electron chi connectivity index (χ0n) is 10.4. The van der Waals surface area contributed by atoms with Crippen molar-refractivity contribution in [1.29, 1.82) is 0 Å². The van der Waals surface area contributed by atoms with Crippen LogP contribution < -0.4 is 5.32 Å². The Morgan fingerprint density at radius 1 is 1.17 bits per heavy atom. The van der Waals surface area contributed by atoms with Crippen molar-refractivity contribution in [2.75, 3.05) is 18.1 Å². The molecular weight excluding hydrogens is 274 g/mol. The molecule has 6 heteroatoms. The fourth-order valence-electron chi connectivity index (χ4n) is 2.72. The van der Waals surface area contributed by atoms with E-state index in [4.69, 9.17) is 11.6 Å². The van der Waals surface area contributed by atoms with Crippen LogP contribution in [0.5, 0.6) is 0 Å². The summed E-state index contributed by atoms with van der Waals surface area (Å²) < 4.78 is 22.6. The van der Waals surface area contributed by atoms with E-state index in [9.17, 15) is 13.2 Å². The van der Waals surface area contributed by atoms with Gasteiger partial charge in [0, 0.05) is 11.9 Å². The maximum absolute atomic E-state index is 11.8. The van der Waals surface area contributed by atoms with Gasteiger partial charge in [0.05, 0.1) is 17.4 Å². The molecule has 0 aromatic heterocycles. The van der Waals surface area contributed by atoms with Crippen LogP contribution in [0.15, 0.2) is 0 Å². The van der Waals surface area contributed by atoms with Gasteiger partial charge in [-0.3, -0.25) is 4.79 Å². The molecule has 1 aliphatic carbocycles. The van der Waals surface area contributed by atoms with Crippen LogP contribution in [0.1, 0.15) is 32.1 Å². The first-order valence-electron chi connectivity index (χ1n) is 6.58. The van der Waals surface area contributed by atoms with E-state index < -0.39 is 9.84 Å². The van der Waals surface area contributed by atoms with Gasteiger partial charge >= 0.3 is 0 Å². The number of amides is 1. The van der Waals surface area contributed by atoms with Gasteiger partial charge in [0.1, 0.15) is 0 Å². The van der Waals surface area contributed by atoms with Gasteiger partial charge in [-0.25, -0.2) is 8.42 Å². The van der Waals surface area contributed by atoms with Crippen LogP contribution in [0.4, 0.5) is 0 Å². The normalized spacial score (nSPS) is 35.3. The SMILES string of the molecule is O=C(NCC1CCC(Cl)CC1)C1CCS(=O)(=O)C1. The highest BCUT2D eigenvalue weighted by atomic mass is 35.5. The molecule has 1 saturated heterocycles. The molecule has 0 spiro atoms. The van der Waals surface area contributed by atoms with Crippen LogP contribution in [0.25, 0.3) is 0 Å². The Morgan fingerprint density at radius 2 is 1.83 bits per heavy atom. The lowest BCUT2D eigenvalue weighted by atomic mass is 9.89. The first-order valence-corrected chi connectivity index (χ1v) is 8.84. The third-order valence-electron chi connectivity index (χ3n) is 3.94. The number of alkyl halides is 1. The molecular formula is C12H20ClNO3S. The summed E-state index contributed by atoms with van der Waals surface area (Å²) in [6, 6.07) is 0. The molecule has 4 nitrogen and oxygen atoms in total. The Labute approximate surface area is 113 Å². The summed E-state index contributed by atoms with van der Waals surface area (Å²) in [5.74, 6) is 0.251. The van der Waals surface area contributed by atoms with Gasteiger partial charge < -0.3 is 5.32 Å². The Bertz CT molecular complexity index is 402.